The molecule has 2 N–H and O–H groups in total. The fraction of sp³-hybridized carbons (Fsp3) is 0.500. The highest BCUT2D eigenvalue weighted by Crippen LogP contribution is 2.34. The fourth-order valence-electron chi connectivity index (χ4n) is 2.40. The minimum atomic E-state index is -3.10. The van der Waals surface area contributed by atoms with E-state index in [1.807, 2.05) is 18.2 Å². The molecule has 0 saturated heterocycles. The van der Waals surface area contributed by atoms with Gasteiger partial charge < -0.3 is 10.5 Å². The Labute approximate surface area is 102 Å². The van der Waals surface area contributed by atoms with Gasteiger partial charge in [-0.15, -0.1) is 0 Å². The van der Waals surface area contributed by atoms with Crippen molar-refractivity contribution in [2.45, 2.75) is 24.1 Å². The third-order valence-electron chi connectivity index (χ3n) is 3.36. The van der Waals surface area contributed by atoms with Crippen molar-refractivity contribution in [2.75, 3.05) is 13.4 Å². The molecular formula is C12H17NO3S. The van der Waals surface area contributed by atoms with Crippen LogP contribution in [0.15, 0.2) is 18.2 Å². The predicted octanol–water partition coefficient (Wildman–Crippen LogP) is 1.05. The summed E-state index contributed by atoms with van der Waals surface area (Å²) in [7, 11) is -1.52. The van der Waals surface area contributed by atoms with Crippen LogP contribution in [-0.4, -0.2) is 27.0 Å². The Morgan fingerprint density at radius 2 is 2.12 bits per heavy atom. The predicted molar refractivity (Wildman–Crippen MR) is 66.9 cm³/mol. The summed E-state index contributed by atoms with van der Waals surface area (Å²) in [5.41, 5.74) is 8.08. The molecule has 5 heteroatoms. The molecule has 0 aromatic heterocycles. The molecule has 0 saturated carbocycles. The van der Waals surface area contributed by atoms with Gasteiger partial charge in [0.15, 0.2) is 9.84 Å². The van der Waals surface area contributed by atoms with Crippen molar-refractivity contribution >= 4 is 9.84 Å². The number of sulfone groups is 1. The molecule has 94 valence electrons. The van der Waals surface area contributed by atoms with Gasteiger partial charge in [-0.25, -0.2) is 8.42 Å². The average molecular weight is 255 g/mol. The van der Waals surface area contributed by atoms with Gasteiger partial charge in [-0.3, -0.25) is 0 Å². The minimum absolute atomic E-state index is 0.455. The van der Waals surface area contributed by atoms with Crippen molar-refractivity contribution in [3.8, 4) is 5.75 Å². The van der Waals surface area contributed by atoms with E-state index in [0.29, 0.717) is 12.2 Å². The van der Waals surface area contributed by atoms with Gasteiger partial charge in [0, 0.05) is 12.3 Å². The molecule has 0 heterocycles. The minimum Gasteiger partial charge on any atom is -0.497 e. The highest BCUT2D eigenvalue weighted by Gasteiger charge is 2.33. The van der Waals surface area contributed by atoms with Crippen LogP contribution in [0.2, 0.25) is 0 Å². The Kier molecular flexibility index (Phi) is 3.14. The summed E-state index contributed by atoms with van der Waals surface area (Å²) in [6.45, 7) is 0. The van der Waals surface area contributed by atoms with E-state index in [1.165, 1.54) is 6.26 Å². The van der Waals surface area contributed by atoms with Gasteiger partial charge in [0.1, 0.15) is 5.75 Å². The second-order valence-electron chi connectivity index (χ2n) is 4.50. The number of rotatable bonds is 2. The van der Waals surface area contributed by atoms with Gasteiger partial charge in [0.2, 0.25) is 0 Å². The topological polar surface area (TPSA) is 69.4 Å². The van der Waals surface area contributed by atoms with Gasteiger partial charge in [-0.2, -0.15) is 0 Å². The van der Waals surface area contributed by atoms with E-state index >= 15 is 0 Å². The second kappa shape index (κ2) is 4.31. The molecule has 0 aliphatic heterocycles. The first kappa shape index (κ1) is 12.4. The number of nitrogens with two attached hydrogens (primary N) is 1. The Morgan fingerprint density at radius 3 is 2.71 bits per heavy atom. The largest absolute Gasteiger partial charge is 0.497 e. The highest BCUT2D eigenvalue weighted by molar-refractivity contribution is 7.91. The quantitative estimate of drug-likeness (QED) is 0.857. The maximum Gasteiger partial charge on any atom is 0.152 e. The van der Waals surface area contributed by atoms with E-state index in [4.69, 9.17) is 10.5 Å². The molecule has 0 fully saturated rings. The summed E-state index contributed by atoms with van der Waals surface area (Å²) in [5.74, 6) is 0.716. The lowest BCUT2D eigenvalue weighted by atomic mass is 9.87. The van der Waals surface area contributed by atoms with E-state index < -0.39 is 21.1 Å². The summed E-state index contributed by atoms with van der Waals surface area (Å²) in [5, 5.41) is -0.484. The molecule has 1 aromatic carbocycles. The van der Waals surface area contributed by atoms with Crippen molar-refractivity contribution in [1.82, 2.24) is 0 Å². The third kappa shape index (κ3) is 2.30. The van der Waals surface area contributed by atoms with Crippen molar-refractivity contribution < 1.29 is 13.2 Å². The SMILES string of the molecule is COc1ccc2c(c1)C(N)C(S(C)(=O)=O)CC2. The first-order chi connectivity index (χ1) is 7.93. The van der Waals surface area contributed by atoms with E-state index in [-0.39, 0.29) is 0 Å². The van der Waals surface area contributed by atoms with Gasteiger partial charge in [0.05, 0.1) is 12.4 Å². The highest BCUT2D eigenvalue weighted by atomic mass is 32.2. The molecule has 0 bridgehead atoms. The van der Waals surface area contributed by atoms with Gasteiger partial charge >= 0.3 is 0 Å². The zero-order valence-electron chi connectivity index (χ0n) is 10.0. The molecular weight excluding hydrogens is 238 g/mol. The maximum absolute atomic E-state index is 11.6. The zero-order valence-corrected chi connectivity index (χ0v) is 10.8. The van der Waals surface area contributed by atoms with Crippen LogP contribution in [0.25, 0.3) is 0 Å². The van der Waals surface area contributed by atoms with Gasteiger partial charge in [0.25, 0.3) is 0 Å². The first-order valence-electron chi connectivity index (χ1n) is 5.54. The molecule has 4 nitrogen and oxygen atoms in total. The fourth-order valence-corrected chi connectivity index (χ4v) is 3.62. The van der Waals surface area contributed by atoms with E-state index in [9.17, 15) is 8.42 Å². The molecule has 17 heavy (non-hydrogen) atoms. The number of hydrogen-bond acceptors (Lipinski definition) is 4. The zero-order chi connectivity index (χ0) is 12.6. The molecule has 0 amide bonds. The number of hydrogen-bond donors (Lipinski definition) is 1. The van der Waals surface area contributed by atoms with Crippen LogP contribution in [0.1, 0.15) is 23.6 Å². The van der Waals surface area contributed by atoms with Crippen molar-refractivity contribution in [1.29, 1.82) is 0 Å². The summed E-state index contributed by atoms with van der Waals surface area (Å²) < 4.78 is 28.4. The molecule has 1 aliphatic rings. The van der Waals surface area contributed by atoms with E-state index in [1.54, 1.807) is 7.11 Å². The monoisotopic (exact) mass is 255 g/mol. The molecule has 0 radical (unpaired) electrons. The third-order valence-corrected chi connectivity index (χ3v) is 4.99. The van der Waals surface area contributed by atoms with Crippen LogP contribution in [0.4, 0.5) is 0 Å². The Morgan fingerprint density at radius 1 is 1.41 bits per heavy atom. The number of benzene rings is 1. The number of fused-ring (bicyclic) bond motifs is 1. The molecule has 2 unspecified atom stereocenters. The number of aryl methyl sites for hydroxylation is 1. The molecule has 1 aromatic rings. The molecule has 1 aliphatic carbocycles. The van der Waals surface area contributed by atoms with Crippen molar-refractivity contribution in [2.24, 2.45) is 5.73 Å². The van der Waals surface area contributed by atoms with Crippen molar-refractivity contribution in [3.63, 3.8) is 0 Å². The van der Waals surface area contributed by atoms with Crippen LogP contribution in [-0.2, 0) is 16.3 Å². The van der Waals surface area contributed by atoms with Gasteiger partial charge in [-0.1, -0.05) is 6.07 Å². The average Bonchev–Trinajstić information content (AvgIpc) is 2.27. The van der Waals surface area contributed by atoms with E-state index in [2.05, 4.69) is 0 Å². The van der Waals surface area contributed by atoms with Crippen LogP contribution >= 0.6 is 0 Å². The van der Waals surface area contributed by atoms with E-state index in [0.717, 1.165) is 17.5 Å². The smallest absolute Gasteiger partial charge is 0.152 e. The standard InChI is InChI=1S/C12H17NO3S/c1-16-9-5-3-8-4-6-11(17(2,14)15)12(13)10(8)7-9/h3,5,7,11-12H,4,6,13H2,1-2H3. The van der Waals surface area contributed by atoms with Crippen LogP contribution in [0.3, 0.4) is 0 Å². The number of ether oxygens (including phenoxy) is 1. The molecule has 0 spiro atoms. The van der Waals surface area contributed by atoms with Gasteiger partial charge in [-0.05, 0) is 36.1 Å². The Balaban J connectivity index is 2.43. The van der Waals surface area contributed by atoms with Crippen molar-refractivity contribution in [3.05, 3.63) is 29.3 Å². The summed E-state index contributed by atoms with van der Waals surface area (Å²) >= 11 is 0. The second-order valence-corrected chi connectivity index (χ2v) is 6.76. The Hall–Kier alpha value is -1.07. The molecule has 2 atom stereocenters. The number of methoxy groups -OCH3 is 1. The maximum atomic E-state index is 11.6. The summed E-state index contributed by atoms with van der Waals surface area (Å²) in [6.07, 6.45) is 2.60. The molecule has 2 rings (SSSR count). The lowest BCUT2D eigenvalue weighted by molar-refractivity contribution is 0.412. The normalized spacial score (nSPS) is 24.2. The van der Waals surface area contributed by atoms with Crippen LogP contribution < -0.4 is 10.5 Å². The summed E-state index contributed by atoms with van der Waals surface area (Å²) in [4.78, 5) is 0. The lowest BCUT2D eigenvalue weighted by Crippen LogP contribution is -2.37. The summed E-state index contributed by atoms with van der Waals surface area (Å²) in [6, 6.07) is 5.24. The Bertz CT molecular complexity index is 525. The lowest BCUT2D eigenvalue weighted by Gasteiger charge is -2.29. The first-order valence-corrected chi connectivity index (χ1v) is 7.50. The van der Waals surface area contributed by atoms with Crippen LogP contribution in [0.5, 0.6) is 5.75 Å². The van der Waals surface area contributed by atoms with Crippen LogP contribution in [0, 0.1) is 0 Å².